The Bertz CT molecular complexity index is 677. The van der Waals surface area contributed by atoms with Gasteiger partial charge in [-0.1, -0.05) is 31.5 Å². The minimum atomic E-state index is -3.74. The van der Waals surface area contributed by atoms with Gasteiger partial charge in [-0.05, 0) is 37.8 Å². The minimum absolute atomic E-state index is 0. The Balaban J connectivity index is 0.00000312. The van der Waals surface area contributed by atoms with E-state index in [0.717, 1.165) is 12.0 Å². The lowest BCUT2D eigenvalue weighted by molar-refractivity contribution is -0.132. The highest BCUT2D eigenvalue weighted by Gasteiger charge is 2.32. The molecule has 1 unspecified atom stereocenters. The Morgan fingerprint density at radius 3 is 2.40 bits per heavy atom. The molecule has 1 aromatic rings. The first kappa shape index (κ1) is 21.9. The molecule has 1 fully saturated rings. The van der Waals surface area contributed by atoms with Gasteiger partial charge in [-0.2, -0.15) is 4.72 Å². The standard InChI is InChI=1S/C17H27N3O3S.ClH/c1-12(2)10-16(17(21)20-9-8-14(18)11-20)19-24(22,23)15-6-4-13(3)5-7-15;/h4-7,12,14,16,19H,8-11,18H2,1-3H3;1H/t14-,16?;/m1./s1. The van der Waals surface area contributed by atoms with Gasteiger partial charge in [0.1, 0.15) is 6.04 Å². The molecule has 1 aliphatic rings. The maximum atomic E-state index is 12.7. The van der Waals surface area contributed by atoms with Gasteiger partial charge in [0.25, 0.3) is 0 Å². The van der Waals surface area contributed by atoms with Gasteiger partial charge in [0, 0.05) is 19.1 Å². The van der Waals surface area contributed by atoms with E-state index < -0.39 is 16.1 Å². The van der Waals surface area contributed by atoms with E-state index in [9.17, 15) is 13.2 Å². The molecule has 142 valence electrons. The van der Waals surface area contributed by atoms with Crippen molar-refractivity contribution in [2.45, 2.75) is 50.6 Å². The Kier molecular flexibility index (Phi) is 7.87. The molecular weight excluding hydrogens is 362 g/mol. The number of hydrogen-bond donors (Lipinski definition) is 2. The van der Waals surface area contributed by atoms with Gasteiger partial charge in [0.05, 0.1) is 4.90 Å². The number of halogens is 1. The summed E-state index contributed by atoms with van der Waals surface area (Å²) in [6, 6.07) is 5.81. The smallest absolute Gasteiger partial charge is 0.241 e. The molecule has 0 spiro atoms. The first-order chi connectivity index (χ1) is 11.2. The highest BCUT2D eigenvalue weighted by atomic mass is 35.5. The van der Waals surface area contributed by atoms with Gasteiger partial charge >= 0.3 is 0 Å². The van der Waals surface area contributed by atoms with E-state index in [1.54, 1.807) is 29.2 Å². The van der Waals surface area contributed by atoms with Crippen LogP contribution in [0.15, 0.2) is 29.2 Å². The molecule has 1 aliphatic heterocycles. The van der Waals surface area contributed by atoms with Crippen molar-refractivity contribution in [1.82, 2.24) is 9.62 Å². The largest absolute Gasteiger partial charge is 0.340 e. The molecule has 0 aromatic heterocycles. The number of sulfonamides is 1. The lowest BCUT2D eigenvalue weighted by atomic mass is 10.0. The van der Waals surface area contributed by atoms with Gasteiger partial charge in [0.2, 0.25) is 15.9 Å². The number of hydrogen-bond acceptors (Lipinski definition) is 4. The summed E-state index contributed by atoms with van der Waals surface area (Å²) in [5.74, 6) is 0.00304. The minimum Gasteiger partial charge on any atom is -0.340 e. The summed E-state index contributed by atoms with van der Waals surface area (Å²) in [7, 11) is -3.74. The zero-order chi connectivity index (χ0) is 17.9. The molecular formula is C17H28ClN3O3S. The van der Waals surface area contributed by atoms with E-state index >= 15 is 0 Å². The third kappa shape index (κ3) is 5.95. The van der Waals surface area contributed by atoms with Crippen LogP contribution in [-0.2, 0) is 14.8 Å². The fourth-order valence-corrected chi connectivity index (χ4v) is 4.05. The van der Waals surface area contributed by atoms with Crippen LogP contribution in [0.25, 0.3) is 0 Å². The number of benzene rings is 1. The van der Waals surface area contributed by atoms with Gasteiger partial charge in [-0.3, -0.25) is 4.79 Å². The first-order valence-electron chi connectivity index (χ1n) is 8.32. The summed E-state index contributed by atoms with van der Waals surface area (Å²) in [5.41, 5.74) is 6.85. The second kappa shape index (κ2) is 8.98. The van der Waals surface area contributed by atoms with E-state index in [1.165, 1.54) is 0 Å². The predicted molar refractivity (Wildman–Crippen MR) is 101 cm³/mol. The summed E-state index contributed by atoms with van der Waals surface area (Å²) in [6.07, 6.45) is 1.21. The number of nitrogens with zero attached hydrogens (tertiary/aromatic N) is 1. The van der Waals surface area contributed by atoms with Crippen LogP contribution < -0.4 is 10.5 Å². The quantitative estimate of drug-likeness (QED) is 0.773. The molecule has 25 heavy (non-hydrogen) atoms. The van der Waals surface area contributed by atoms with E-state index in [-0.39, 0.29) is 35.2 Å². The van der Waals surface area contributed by atoms with Crippen molar-refractivity contribution >= 4 is 28.3 Å². The van der Waals surface area contributed by atoms with Crippen molar-refractivity contribution in [3.63, 3.8) is 0 Å². The molecule has 8 heteroatoms. The number of aryl methyl sites for hydroxylation is 1. The Labute approximate surface area is 156 Å². The molecule has 1 amide bonds. The highest BCUT2D eigenvalue weighted by molar-refractivity contribution is 7.89. The lowest BCUT2D eigenvalue weighted by Crippen LogP contribution is -2.48. The molecule has 6 nitrogen and oxygen atoms in total. The van der Waals surface area contributed by atoms with Gasteiger partial charge in [-0.25, -0.2) is 8.42 Å². The van der Waals surface area contributed by atoms with Gasteiger partial charge in [0.15, 0.2) is 0 Å². The molecule has 0 bridgehead atoms. The van der Waals surface area contributed by atoms with Crippen LogP contribution >= 0.6 is 12.4 Å². The van der Waals surface area contributed by atoms with Gasteiger partial charge in [-0.15, -0.1) is 12.4 Å². The first-order valence-corrected chi connectivity index (χ1v) is 9.80. The van der Waals surface area contributed by atoms with Crippen molar-refractivity contribution in [2.75, 3.05) is 13.1 Å². The third-order valence-electron chi connectivity index (χ3n) is 4.17. The SMILES string of the molecule is Cc1ccc(S(=O)(=O)NC(CC(C)C)C(=O)N2CC[C@@H](N)C2)cc1.Cl. The Morgan fingerprint density at radius 2 is 1.92 bits per heavy atom. The Morgan fingerprint density at radius 1 is 1.32 bits per heavy atom. The van der Waals surface area contributed by atoms with Crippen molar-refractivity contribution in [2.24, 2.45) is 11.7 Å². The molecule has 0 radical (unpaired) electrons. The van der Waals surface area contributed by atoms with Crippen LogP contribution in [0.5, 0.6) is 0 Å². The molecule has 1 saturated heterocycles. The van der Waals surface area contributed by atoms with E-state index in [2.05, 4.69) is 4.72 Å². The van der Waals surface area contributed by atoms with E-state index in [4.69, 9.17) is 5.73 Å². The topological polar surface area (TPSA) is 92.5 Å². The van der Waals surface area contributed by atoms with Crippen molar-refractivity contribution in [3.05, 3.63) is 29.8 Å². The summed E-state index contributed by atoms with van der Waals surface area (Å²) in [5, 5.41) is 0. The summed E-state index contributed by atoms with van der Waals surface area (Å²) < 4.78 is 27.8. The average molecular weight is 390 g/mol. The summed E-state index contributed by atoms with van der Waals surface area (Å²) in [4.78, 5) is 14.6. The average Bonchev–Trinajstić information content (AvgIpc) is 2.92. The number of rotatable bonds is 6. The van der Waals surface area contributed by atoms with Crippen molar-refractivity contribution in [3.8, 4) is 0 Å². The van der Waals surface area contributed by atoms with Crippen LogP contribution in [0.1, 0.15) is 32.3 Å². The van der Waals surface area contributed by atoms with Crippen LogP contribution in [0, 0.1) is 12.8 Å². The number of carbonyl (C=O) groups is 1. The summed E-state index contributed by atoms with van der Waals surface area (Å²) in [6.45, 7) is 6.90. The van der Waals surface area contributed by atoms with Crippen LogP contribution in [0.2, 0.25) is 0 Å². The summed E-state index contributed by atoms with van der Waals surface area (Å²) >= 11 is 0. The number of carbonyl (C=O) groups excluding carboxylic acids is 1. The lowest BCUT2D eigenvalue weighted by Gasteiger charge is -2.25. The maximum Gasteiger partial charge on any atom is 0.241 e. The third-order valence-corrected chi connectivity index (χ3v) is 5.66. The zero-order valence-electron chi connectivity index (χ0n) is 14.9. The molecule has 3 N–H and O–H groups in total. The van der Waals surface area contributed by atoms with Crippen LogP contribution in [0.4, 0.5) is 0 Å². The molecule has 1 heterocycles. The predicted octanol–water partition coefficient (Wildman–Crippen LogP) is 1.67. The fraction of sp³-hybridized carbons (Fsp3) is 0.588. The van der Waals surface area contributed by atoms with Gasteiger partial charge < -0.3 is 10.6 Å². The van der Waals surface area contributed by atoms with Crippen molar-refractivity contribution in [1.29, 1.82) is 0 Å². The molecule has 2 rings (SSSR count). The maximum absolute atomic E-state index is 12.7. The van der Waals surface area contributed by atoms with Crippen LogP contribution in [0.3, 0.4) is 0 Å². The number of nitrogens with one attached hydrogen (secondary N) is 1. The van der Waals surface area contributed by atoms with Crippen molar-refractivity contribution < 1.29 is 13.2 Å². The van der Waals surface area contributed by atoms with Crippen LogP contribution in [-0.4, -0.2) is 44.4 Å². The monoisotopic (exact) mass is 389 g/mol. The molecule has 1 aromatic carbocycles. The zero-order valence-corrected chi connectivity index (χ0v) is 16.6. The second-order valence-electron chi connectivity index (χ2n) is 6.95. The molecule has 2 atom stereocenters. The number of likely N-dealkylation sites (tertiary alicyclic amines) is 1. The molecule has 0 aliphatic carbocycles. The van der Waals surface area contributed by atoms with E-state index in [1.807, 2.05) is 20.8 Å². The number of amides is 1. The second-order valence-corrected chi connectivity index (χ2v) is 8.66. The molecule has 0 saturated carbocycles. The fourth-order valence-electron chi connectivity index (χ4n) is 2.85. The normalized spacial score (nSPS) is 18.9. The van der Waals surface area contributed by atoms with E-state index in [0.29, 0.717) is 19.5 Å². The number of nitrogens with two attached hydrogens (primary N) is 1. The Hall–Kier alpha value is -1.15. The highest BCUT2D eigenvalue weighted by Crippen LogP contribution is 2.17.